The van der Waals surface area contributed by atoms with Crippen molar-refractivity contribution in [3.8, 4) is 0 Å². The molecule has 0 spiro atoms. The van der Waals surface area contributed by atoms with Crippen LogP contribution in [0.4, 0.5) is 0 Å². The summed E-state index contributed by atoms with van der Waals surface area (Å²) in [4.78, 5) is 0. The Hall–Kier alpha value is -2.74. The number of rotatable bonds is 4. The number of benzene rings is 3. The quantitative estimate of drug-likeness (QED) is 0.317. The number of hydrogen-bond donors (Lipinski definition) is 0. The summed E-state index contributed by atoms with van der Waals surface area (Å²) in [5, 5.41) is 5.47. The molecule has 2 aromatic heterocycles. The van der Waals surface area contributed by atoms with Crippen molar-refractivity contribution in [1.29, 1.82) is 0 Å². The smallest absolute Gasteiger partial charge is 0.0499 e. The van der Waals surface area contributed by atoms with E-state index in [-0.39, 0.29) is 0 Å². The van der Waals surface area contributed by atoms with E-state index in [9.17, 15) is 0 Å². The molecule has 2 nitrogen and oxygen atoms in total. The Kier molecular flexibility index (Phi) is 3.97. The first kappa shape index (κ1) is 17.4. The third kappa shape index (κ3) is 2.55. The van der Waals surface area contributed by atoms with Crippen LogP contribution in [-0.4, -0.2) is 9.13 Å². The molecule has 28 heavy (non-hydrogen) atoms. The van der Waals surface area contributed by atoms with Gasteiger partial charge in [0.05, 0.1) is 0 Å². The molecule has 5 rings (SSSR count). The van der Waals surface area contributed by atoms with Crippen LogP contribution in [0.3, 0.4) is 0 Å². The number of aromatic nitrogens is 2. The molecular weight excluding hydrogens is 340 g/mol. The van der Waals surface area contributed by atoms with E-state index in [4.69, 9.17) is 0 Å². The highest BCUT2D eigenvalue weighted by Gasteiger charge is 2.17. The van der Waals surface area contributed by atoms with Crippen LogP contribution in [0.1, 0.15) is 27.7 Å². The Morgan fingerprint density at radius 2 is 0.929 bits per heavy atom. The molecule has 0 fully saturated rings. The summed E-state index contributed by atoms with van der Waals surface area (Å²) in [6.45, 7) is 11.3. The molecule has 142 valence electrons. The standard InChI is InChI=1S/C26H28N2/c1-17(2)15-27-23-11-7-5-9-19(23)21-14-26-22(13-25(21)27)20-10-6-8-12-24(20)28(26)16-18(3)4/h5-14,17-18H,15-16H2,1-4H3. The highest BCUT2D eigenvalue weighted by atomic mass is 15.0. The van der Waals surface area contributed by atoms with Gasteiger partial charge in [-0.25, -0.2) is 0 Å². The molecule has 0 unspecified atom stereocenters. The van der Waals surface area contributed by atoms with Gasteiger partial charge in [-0.05, 0) is 36.1 Å². The van der Waals surface area contributed by atoms with Gasteiger partial charge in [-0.2, -0.15) is 0 Å². The average Bonchev–Trinajstić information content (AvgIpc) is 3.14. The third-order valence-electron chi connectivity index (χ3n) is 5.76. The lowest BCUT2D eigenvalue weighted by molar-refractivity contribution is 0.544. The number of fused-ring (bicyclic) bond motifs is 6. The van der Waals surface area contributed by atoms with E-state index < -0.39 is 0 Å². The van der Waals surface area contributed by atoms with Gasteiger partial charge in [0.25, 0.3) is 0 Å². The molecule has 5 aromatic rings. The molecular formula is C26H28N2. The van der Waals surface area contributed by atoms with Crippen LogP contribution in [0.2, 0.25) is 0 Å². The lowest BCUT2D eigenvalue weighted by Crippen LogP contribution is -2.04. The zero-order valence-electron chi connectivity index (χ0n) is 17.2. The molecule has 0 bridgehead atoms. The monoisotopic (exact) mass is 368 g/mol. The normalized spacial score (nSPS) is 12.5. The molecule has 0 atom stereocenters. The summed E-state index contributed by atoms with van der Waals surface area (Å²) < 4.78 is 5.03. The van der Waals surface area contributed by atoms with E-state index in [0.717, 1.165) is 13.1 Å². The van der Waals surface area contributed by atoms with Crippen LogP contribution in [0.25, 0.3) is 43.6 Å². The maximum atomic E-state index is 2.52. The van der Waals surface area contributed by atoms with Gasteiger partial charge in [-0.15, -0.1) is 0 Å². The van der Waals surface area contributed by atoms with E-state index >= 15 is 0 Å². The second kappa shape index (κ2) is 6.41. The highest BCUT2D eigenvalue weighted by molar-refractivity contribution is 6.17. The van der Waals surface area contributed by atoms with Gasteiger partial charge in [0, 0.05) is 56.7 Å². The summed E-state index contributed by atoms with van der Waals surface area (Å²) >= 11 is 0. The fraction of sp³-hybridized carbons (Fsp3) is 0.308. The zero-order chi connectivity index (χ0) is 19.4. The third-order valence-corrected chi connectivity index (χ3v) is 5.76. The Bertz CT molecular complexity index is 1210. The molecule has 0 aliphatic heterocycles. The minimum absolute atomic E-state index is 0.608. The molecule has 0 saturated carbocycles. The molecule has 0 aliphatic rings. The molecule has 0 aliphatic carbocycles. The lowest BCUT2D eigenvalue weighted by Gasteiger charge is -2.11. The minimum atomic E-state index is 0.608. The Labute approximate surface area is 166 Å². The molecule has 3 aromatic carbocycles. The average molecular weight is 369 g/mol. The van der Waals surface area contributed by atoms with Crippen molar-refractivity contribution >= 4 is 43.6 Å². The number of nitrogens with zero attached hydrogens (tertiary/aromatic N) is 2. The van der Waals surface area contributed by atoms with E-state index in [2.05, 4.69) is 97.5 Å². The van der Waals surface area contributed by atoms with Crippen LogP contribution in [0.15, 0.2) is 60.7 Å². The van der Waals surface area contributed by atoms with E-state index in [1.807, 2.05) is 0 Å². The molecule has 0 N–H and O–H groups in total. The maximum absolute atomic E-state index is 2.52. The van der Waals surface area contributed by atoms with Crippen molar-refractivity contribution in [1.82, 2.24) is 9.13 Å². The minimum Gasteiger partial charge on any atom is -0.340 e. The van der Waals surface area contributed by atoms with Gasteiger partial charge in [0.2, 0.25) is 0 Å². The predicted octanol–water partition coefficient (Wildman–Crippen LogP) is 7.21. The topological polar surface area (TPSA) is 9.86 Å². The largest absolute Gasteiger partial charge is 0.340 e. The number of hydrogen-bond acceptors (Lipinski definition) is 0. The molecule has 2 heterocycles. The van der Waals surface area contributed by atoms with E-state index in [1.54, 1.807) is 0 Å². The van der Waals surface area contributed by atoms with Gasteiger partial charge < -0.3 is 9.13 Å². The van der Waals surface area contributed by atoms with Gasteiger partial charge in [0.1, 0.15) is 0 Å². The summed E-state index contributed by atoms with van der Waals surface area (Å²) in [7, 11) is 0. The van der Waals surface area contributed by atoms with E-state index in [1.165, 1.54) is 43.6 Å². The zero-order valence-corrected chi connectivity index (χ0v) is 17.2. The van der Waals surface area contributed by atoms with Gasteiger partial charge in [-0.3, -0.25) is 0 Å². The van der Waals surface area contributed by atoms with Crippen molar-refractivity contribution in [2.75, 3.05) is 0 Å². The van der Waals surface area contributed by atoms with Gasteiger partial charge in [-0.1, -0.05) is 64.1 Å². The molecule has 2 heteroatoms. The molecule has 0 radical (unpaired) electrons. The SMILES string of the molecule is CC(C)Cn1c2ccccc2c2cc3c(cc21)c1ccccc1n3CC(C)C. The summed E-state index contributed by atoms with van der Waals surface area (Å²) in [6.07, 6.45) is 0. The molecule has 0 amide bonds. The first-order valence-electron chi connectivity index (χ1n) is 10.5. The van der Waals surface area contributed by atoms with Crippen LogP contribution in [-0.2, 0) is 13.1 Å². The van der Waals surface area contributed by atoms with Crippen molar-refractivity contribution in [3.05, 3.63) is 60.7 Å². The second-order valence-corrected chi connectivity index (χ2v) is 8.93. The first-order valence-corrected chi connectivity index (χ1v) is 10.5. The van der Waals surface area contributed by atoms with Crippen LogP contribution in [0.5, 0.6) is 0 Å². The lowest BCUT2D eigenvalue weighted by atomic mass is 10.1. The van der Waals surface area contributed by atoms with Gasteiger partial charge in [0.15, 0.2) is 0 Å². The van der Waals surface area contributed by atoms with Crippen molar-refractivity contribution < 1.29 is 0 Å². The summed E-state index contributed by atoms with van der Waals surface area (Å²) in [5.41, 5.74) is 5.40. The van der Waals surface area contributed by atoms with E-state index in [0.29, 0.717) is 11.8 Å². The summed E-state index contributed by atoms with van der Waals surface area (Å²) in [6, 6.07) is 22.6. The fourth-order valence-electron chi connectivity index (χ4n) is 4.71. The first-order chi connectivity index (χ1) is 13.5. The van der Waals surface area contributed by atoms with Crippen molar-refractivity contribution in [2.45, 2.75) is 40.8 Å². The molecule has 0 saturated heterocycles. The van der Waals surface area contributed by atoms with Gasteiger partial charge >= 0.3 is 0 Å². The van der Waals surface area contributed by atoms with Crippen molar-refractivity contribution in [2.24, 2.45) is 11.8 Å². The van der Waals surface area contributed by atoms with Crippen molar-refractivity contribution in [3.63, 3.8) is 0 Å². The predicted molar refractivity (Wildman–Crippen MR) is 122 cm³/mol. The number of para-hydroxylation sites is 2. The Morgan fingerprint density at radius 3 is 1.32 bits per heavy atom. The highest BCUT2D eigenvalue weighted by Crippen LogP contribution is 2.37. The summed E-state index contributed by atoms with van der Waals surface area (Å²) in [5.74, 6) is 1.22. The Balaban J connectivity index is 1.95. The Morgan fingerprint density at radius 1 is 0.536 bits per heavy atom. The second-order valence-electron chi connectivity index (χ2n) is 8.93. The fourth-order valence-corrected chi connectivity index (χ4v) is 4.71. The van der Waals surface area contributed by atoms with Crippen LogP contribution >= 0.6 is 0 Å². The maximum Gasteiger partial charge on any atom is 0.0499 e. The van der Waals surface area contributed by atoms with Crippen LogP contribution < -0.4 is 0 Å². The van der Waals surface area contributed by atoms with Crippen LogP contribution in [0, 0.1) is 11.8 Å².